The molecule has 104 valence electrons. The third-order valence-corrected chi connectivity index (χ3v) is 2.97. The number of halogens is 2. The van der Waals surface area contributed by atoms with Crippen molar-refractivity contribution in [2.45, 2.75) is 6.92 Å². The molecule has 0 spiro atoms. The monoisotopic (exact) mass is 338 g/mol. The van der Waals surface area contributed by atoms with Crippen LogP contribution >= 0.6 is 15.9 Å². The summed E-state index contributed by atoms with van der Waals surface area (Å²) in [6.45, 7) is 2.24. The van der Waals surface area contributed by atoms with Gasteiger partial charge >= 0.3 is 0 Å². The minimum Gasteiger partial charge on any atom is -0.476 e. The second kappa shape index (κ2) is 6.47. The van der Waals surface area contributed by atoms with Gasteiger partial charge in [0, 0.05) is 10.7 Å². The van der Waals surface area contributed by atoms with Gasteiger partial charge in [-0.1, -0.05) is 15.9 Å². The second-order valence-electron chi connectivity index (χ2n) is 3.87. The van der Waals surface area contributed by atoms with Gasteiger partial charge in [0.1, 0.15) is 11.5 Å². The van der Waals surface area contributed by atoms with E-state index in [2.05, 4.69) is 26.2 Å². The Morgan fingerprint density at radius 2 is 2.25 bits per heavy atom. The first-order valence-corrected chi connectivity index (χ1v) is 6.75. The summed E-state index contributed by atoms with van der Waals surface area (Å²) in [6, 6.07) is 7.48. The molecule has 1 heterocycles. The topological polar surface area (TPSA) is 51.2 Å². The quantitative estimate of drug-likeness (QED) is 0.925. The maximum atomic E-state index is 13.6. The summed E-state index contributed by atoms with van der Waals surface area (Å²) < 4.78 is 19.6. The number of nitrogens with zero attached hydrogens (tertiary/aromatic N) is 1. The molecule has 2 aromatic rings. The van der Waals surface area contributed by atoms with Crippen molar-refractivity contribution in [3.05, 3.63) is 52.4 Å². The van der Waals surface area contributed by atoms with Crippen LogP contribution in [-0.2, 0) is 0 Å². The van der Waals surface area contributed by atoms with Crippen LogP contribution in [0.25, 0.3) is 0 Å². The summed E-state index contributed by atoms with van der Waals surface area (Å²) in [5.41, 5.74) is 0.351. The molecule has 0 bridgehead atoms. The summed E-state index contributed by atoms with van der Waals surface area (Å²) in [7, 11) is 0. The standard InChI is InChI=1S/C14H12BrFN2O2/c1-2-20-14-12(4-3-7-17-14)18-13(19)10-8-9(15)5-6-11(10)16/h3-8H,2H2,1H3,(H,18,19). The molecule has 2 rings (SSSR count). The van der Waals surface area contributed by atoms with E-state index < -0.39 is 11.7 Å². The van der Waals surface area contributed by atoms with Crippen LogP contribution in [0.4, 0.5) is 10.1 Å². The Bertz CT molecular complexity index is 634. The molecule has 0 unspecified atom stereocenters. The van der Waals surface area contributed by atoms with Crippen molar-refractivity contribution >= 4 is 27.5 Å². The van der Waals surface area contributed by atoms with Gasteiger partial charge in [0.05, 0.1) is 12.2 Å². The molecule has 6 heteroatoms. The third-order valence-electron chi connectivity index (χ3n) is 2.47. The van der Waals surface area contributed by atoms with E-state index in [1.54, 1.807) is 18.3 Å². The Kier molecular flexibility index (Phi) is 4.68. The molecule has 1 aromatic carbocycles. The minimum atomic E-state index is -0.590. The Labute approximate surface area is 124 Å². The minimum absolute atomic E-state index is 0.0503. The molecular weight excluding hydrogens is 327 g/mol. The number of hydrogen-bond donors (Lipinski definition) is 1. The molecule has 20 heavy (non-hydrogen) atoms. The van der Waals surface area contributed by atoms with Gasteiger partial charge < -0.3 is 10.1 Å². The molecule has 1 amide bonds. The fourth-order valence-corrected chi connectivity index (χ4v) is 1.96. The molecule has 1 aromatic heterocycles. The number of amides is 1. The van der Waals surface area contributed by atoms with E-state index >= 15 is 0 Å². The fraction of sp³-hybridized carbons (Fsp3) is 0.143. The fourth-order valence-electron chi connectivity index (χ4n) is 1.60. The van der Waals surface area contributed by atoms with Gasteiger partial charge in [0.2, 0.25) is 5.88 Å². The van der Waals surface area contributed by atoms with Crippen LogP contribution in [0.1, 0.15) is 17.3 Å². The summed E-state index contributed by atoms with van der Waals surface area (Å²) in [4.78, 5) is 16.1. The van der Waals surface area contributed by atoms with Crippen LogP contribution in [0, 0.1) is 5.82 Å². The molecule has 4 nitrogen and oxygen atoms in total. The van der Waals surface area contributed by atoms with E-state index in [9.17, 15) is 9.18 Å². The molecule has 0 atom stereocenters. The van der Waals surface area contributed by atoms with Crippen molar-refractivity contribution in [1.29, 1.82) is 0 Å². The van der Waals surface area contributed by atoms with Crippen LogP contribution in [-0.4, -0.2) is 17.5 Å². The number of anilines is 1. The van der Waals surface area contributed by atoms with Crippen molar-refractivity contribution in [3.63, 3.8) is 0 Å². The molecule has 0 aliphatic rings. The molecule has 0 saturated carbocycles. The van der Waals surface area contributed by atoms with Crippen molar-refractivity contribution in [3.8, 4) is 5.88 Å². The zero-order chi connectivity index (χ0) is 14.5. The summed E-state index contributed by atoms with van der Waals surface area (Å²) >= 11 is 3.21. The van der Waals surface area contributed by atoms with Gasteiger partial charge in [-0.05, 0) is 37.3 Å². The Balaban J connectivity index is 2.26. The normalized spacial score (nSPS) is 10.2. The number of nitrogens with one attached hydrogen (secondary N) is 1. The predicted octanol–water partition coefficient (Wildman–Crippen LogP) is 3.63. The number of carbonyl (C=O) groups is 1. The lowest BCUT2D eigenvalue weighted by atomic mass is 10.2. The molecule has 0 saturated heterocycles. The Morgan fingerprint density at radius 1 is 1.45 bits per heavy atom. The van der Waals surface area contributed by atoms with E-state index in [1.165, 1.54) is 18.2 Å². The Hall–Kier alpha value is -1.95. The highest BCUT2D eigenvalue weighted by molar-refractivity contribution is 9.10. The van der Waals surface area contributed by atoms with Gasteiger partial charge in [-0.3, -0.25) is 4.79 Å². The van der Waals surface area contributed by atoms with Crippen molar-refractivity contribution in [2.75, 3.05) is 11.9 Å². The SMILES string of the molecule is CCOc1ncccc1NC(=O)c1cc(Br)ccc1F. The van der Waals surface area contributed by atoms with Crippen molar-refractivity contribution in [2.24, 2.45) is 0 Å². The molecule has 0 aliphatic heterocycles. The number of benzene rings is 1. The first-order valence-electron chi connectivity index (χ1n) is 5.96. The van der Waals surface area contributed by atoms with Gasteiger partial charge in [-0.25, -0.2) is 9.37 Å². The van der Waals surface area contributed by atoms with E-state index in [-0.39, 0.29) is 5.56 Å². The molecule has 1 N–H and O–H groups in total. The smallest absolute Gasteiger partial charge is 0.258 e. The Morgan fingerprint density at radius 3 is 3.00 bits per heavy atom. The lowest BCUT2D eigenvalue weighted by Crippen LogP contribution is -2.15. The van der Waals surface area contributed by atoms with Crippen molar-refractivity contribution < 1.29 is 13.9 Å². The number of rotatable bonds is 4. The van der Waals surface area contributed by atoms with E-state index in [0.29, 0.717) is 22.6 Å². The number of pyridine rings is 1. The largest absolute Gasteiger partial charge is 0.476 e. The van der Waals surface area contributed by atoms with Gasteiger partial charge in [0.25, 0.3) is 5.91 Å². The average Bonchev–Trinajstić information content (AvgIpc) is 2.44. The van der Waals surface area contributed by atoms with Gasteiger partial charge in [-0.15, -0.1) is 0 Å². The molecule has 0 radical (unpaired) electrons. The van der Waals surface area contributed by atoms with Crippen molar-refractivity contribution in [1.82, 2.24) is 4.98 Å². The predicted molar refractivity (Wildman–Crippen MR) is 77.5 cm³/mol. The highest BCUT2D eigenvalue weighted by Gasteiger charge is 2.14. The lowest BCUT2D eigenvalue weighted by molar-refractivity contribution is 0.102. The summed E-state index contributed by atoms with van der Waals surface area (Å²) in [5.74, 6) is -0.843. The first-order chi connectivity index (χ1) is 9.61. The number of ether oxygens (including phenoxy) is 1. The average molecular weight is 339 g/mol. The highest BCUT2D eigenvalue weighted by Crippen LogP contribution is 2.22. The third kappa shape index (κ3) is 3.33. The second-order valence-corrected chi connectivity index (χ2v) is 4.78. The van der Waals surface area contributed by atoms with Crippen LogP contribution in [0.3, 0.4) is 0 Å². The summed E-state index contributed by atoms with van der Waals surface area (Å²) in [6.07, 6.45) is 1.56. The van der Waals surface area contributed by atoms with Crippen LogP contribution in [0.5, 0.6) is 5.88 Å². The van der Waals surface area contributed by atoms with Crippen LogP contribution in [0.15, 0.2) is 41.0 Å². The molecular formula is C14H12BrFN2O2. The molecule has 0 fully saturated rings. The summed E-state index contributed by atoms with van der Waals surface area (Å²) in [5, 5.41) is 2.59. The highest BCUT2D eigenvalue weighted by atomic mass is 79.9. The zero-order valence-electron chi connectivity index (χ0n) is 10.7. The maximum absolute atomic E-state index is 13.6. The van der Waals surface area contributed by atoms with E-state index in [0.717, 1.165) is 0 Å². The number of aromatic nitrogens is 1. The van der Waals surface area contributed by atoms with Gasteiger partial charge in [0.15, 0.2) is 0 Å². The zero-order valence-corrected chi connectivity index (χ0v) is 12.3. The molecule has 0 aliphatic carbocycles. The number of carbonyl (C=O) groups excluding carboxylic acids is 1. The van der Waals surface area contributed by atoms with Crippen LogP contribution < -0.4 is 10.1 Å². The van der Waals surface area contributed by atoms with Crippen LogP contribution in [0.2, 0.25) is 0 Å². The lowest BCUT2D eigenvalue weighted by Gasteiger charge is -2.10. The first kappa shape index (κ1) is 14.5. The van der Waals surface area contributed by atoms with E-state index in [4.69, 9.17) is 4.74 Å². The van der Waals surface area contributed by atoms with E-state index in [1.807, 2.05) is 6.92 Å². The van der Waals surface area contributed by atoms with Gasteiger partial charge in [-0.2, -0.15) is 0 Å². The number of hydrogen-bond acceptors (Lipinski definition) is 3. The maximum Gasteiger partial charge on any atom is 0.258 e.